The van der Waals surface area contributed by atoms with Crippen molar-refractivity contribution in [3.63, 3.8) is 0 Å². The molecule has 3 rings (SSSR count). The molecule has 1 aliphatic rings. The molecule has 2 aromatic rings. The van der Waals surface area contributed by atoms with Gasteiger partial charge in [0.2, 0.25) is 0 Å². The van der Waals surface area contributed by atoms with Crippen LogP contribution in [0.1, 0.15) is 36.1 Å². The summed E-state index contributed by atoms with van der Waals surface area (Å²) in [6.45, 7) is 2.56. The zero-order valence-corrected chi connectivity index (χ0v) is 11.5. The second kappa shape index (κ2) is 4.93. The summed E-state index contributed by atoms with van der Waals surface area (Å²) in [4.78, 5) is 0. The quantitative estimate of drug-likeness (QED) is 0.900. The van der Waals surface area contributed by atoms with Crippen molar-refractivity contribution in [2.45, 2.75) is 25.0 Å². The Balaban J connectivity index is 2.08. The fraction of sp³-hybridized carbons (Fsp3) is 0.294. The van der Waals surface area contributed by atoms with Gasteiger partial charge in [-0.2, -0.15) is 0 Å². The second-order valence-electron chi connectivity index (χ2n) is 5.22. The van der Waals surface area contributed by atoms with E-state index in [2.05, 4.69) is 0 Å². The second-order valence-corrected chi connectivity index (χ2v) is 5.22. The minimum atomic E-state index is -1.02. The van der Waals surface area contributed by atoms with E-state index in [0.29, 0.717) is 13.0 Å². The number of rotatable bonds is 3. The predicted molar refractivity (Wildman–Crippen MR) is 78.6 cm³/mol. The zero-order chi connectivity index (χ0) is 14.2. The average molecular weight is 269 g/mol. The van der Waals surface area contributed by atoms with Crippen LogP contribution in [0.4, 0.5) is 0 Å². The van der Waals surface area contributed by atoms with Crippen LogP contribution < -0.4 is 10.5 Å². The number of aliphatic hydroxyl groups is 1. The summed E-state index contributed by atoms with van der Waals surface area (Å²) in [6.07, 6.45) is 0.502. The first-order chi connectivity index (χ1) is 9.65. The lowest BCUT2D eigenvalue weighted by atomic mass is 9.88. The molecule has 2 aromatic carbocycles. The van der Waals surface area contributed by atoms with Crippen molar-refractivity contribution in [1.82, 2.24) is 0 Å². The first kappa shape index (κ1) is 13.2. The van der Waals surface area contributed by atoms with Crippen LogP contribution in [-0.2, 0) is 5.60 Å². The Hall–Kier alpha value is -1.84. The Morgan fingerprint density at radius 1 is 1.25 bits per heavy atom. The monoisotopic (exact) mass is 269 g/mol. The van der Waals surface area contributed by atoms with Gasteiger partial charge in [-0.05, 0) is 35.7 Å². The van der Waals surface area contributed by atoms with Crippen LogP contribution in [0.3, 0.4) is 0 Å². The van der Waals surface area contributed by atoms with E-state index in [1.54, 1.807) is 0 Å². The van der Waals surface area contributed by atoms with Crippen LogP contribution in [-0.4, -0.2) is 11.7 Å². The SMILES string of the molecule is CCOc1cccc(C2(O)CC(N)c3ccccc32)c1. The van der Waals surface area contributed by atoms with Gasteiger partial charge in [0.05, 0.1) is 6.61 Å². The largest absolute Gasteiger partial charge is 0.494 e. The van der Waals surface area contributed by atoms with E-state index in [4.69, 9.17) is 10.5 Å². The first-order valence-corrected chi connectivity index (χ1v) is 6.96. The third-order valence-electron chi connectivity index (χ3n) is 3.94. The van der Waals surface area contributed by atoms with Crippen LogP contribution in [0.25, 0.3) is 0 Å². The molecule has 2 atom stereocenters. The maximum atomic E-state index is 11.1. The Morgan fingerprint density at radius 2 is 2.05 bits per heavy atom. The molecule has 0 aromatic heterocycles. The molecule has 2 unspecified atom stereocenters. The van der Waals surface area contributed by atoms with Gasteiger partial charge in [0.25, 0.3) is 0 Å². The van der Waals surface area contributed by atoms with E-state index in [9.17, 15) is 5.11 Å². The van der Waals surface area contributed by atoms with E-state index in [1.165, 1.54) is 0 Å². The smallest absolute Gasteiger partial charge is 0.119 e. The van der Waals surface area contributed by atoms with Crippen LogP contribution in [0, 0.1) is 0 Å². The molecule has 0 aliphatic heterocycles. The third kappa shape index (κ3) is 1.99. The fourth-order valence-electron chi connectivity index (χ4n) is 3.02. The highest BCUT2D eigenvalue weighted by Gasteiger charge is 2.42. The number of fused-ring (bicyclic) bond motifs is 1. The number of hydrogen-bond donors (Lipinski definition) is 2. The molecule has 0 saturated carbocycles. The van der Waals surface area contributed by atoms with Crippen molar-refractivity contribution in [2.75, 3.05) is 6.61 Å². The molecule has 0 saturated heterocycles. The lowest BCUT2D eigenvalue weighted by molar-refractivity contribution is 0.0773. The van der Waals surface area contributed by atoms with Crippen molar-refractivity contribution in [2.24, 2.45) is 5.73 Å². The lowest BCUT2D eigenvalue weighted by Crippen LogP contribution is -2.25. The van der Waals surface area contributed by atoms with E-state index >= 15 is 0 Å². The van der Waals surface area contributed by atoms with E-state index in [-0.39, 0.29) is 6.04 Å². The van der Waals surface area contributed by atoms with Crippen LogP contribution >= 0.6 is 0 Å². The third-order valence-corrected chi connectivity index (χ3v) is 3.94. The van der Waals surface area contributed by atoms with Gasteiger partial charge in [0.1, 0.15) is 11.4 Å². The molecule has 104 valence electrons. The van der Waals surface area contributed by atoms with Gasteiger partial charge in [-0.3, -0.25) is 0 Å². The summed E-state index contributed by atoms with van der Waals surface area (Å²) in [5.41, 5.74) is 7.91. The summed E-state index contributed by atoms with van der Waals surface area (Å²) in [5, 5.41) is 11.1. The van der Waals surface area contributed by atoms with E-state index in [0.717, 1.165) is 22.4 Å². The topological polar surface area (TPSA) is 55.5 Å². The molecule has 0 amide bonds. The highest BCUT2D eigenvalue weighted by atomic mass is 16.5. The lowest BCUT2D eigenvalue weighted by Gasteiger charge is -2.25. The first-order valence-electron chi connectivity index (χ1n) is 6.96. The van der Waals surface area contributed by atoms with Gasteiger partial charge in [0, 0.05) is 12.5 Å². The Labute approximate surface area is 119 Å². The molecule has 0 fully saturated rings. The minimum Gasteiger partial charge on any atom is -0.494 e. The highest BCUT2D eigenvalue weighted by molar-refractivity contribution is 5.48. The molecule has 0 heterocycles. The number of ether oxygens (including phenoxy) is 1. The van der Waals surface area contributed by atoms with Crippen LogP contribution in [0.5, 0.6) is 5.75 Å². The van der Waals surface area contributed by atoms with Crippen molar-refractivity contribution in [3.8, 4) is 5.75 Å². The van der Waals surface area contributed by atoms with Crippen molar-refractivity contribution >= 4 is 0 Å². The van der Waals surface area contributed by atoms with Crippen molar-refractivity contribution < 1.29 is 9.84 Å². The van der Waals surface area contributed by atoms with Gasteiger partial charge in [-0.25, -0.2) is 0 Å². The maximum absolute atomic E-state index is 11.1. The molecule has 1 aliphatic carbocycles. The minimum absolute atomic E-state index is 0.132. The summed E-state index contributed by atoms with van der Waals surface area (Å²) in [5.74, 6) is 0.774. The summed E-state index contributed by atoms with van der Waals surface area (Å²) < 4.78 is 5.52. The zero-order valence-electron chi connectivity index (χ0n) is 11.5. The molecular weight excluding hydrogens is 250 g/mol. The molecular formula is C17H19NO2. The van der Waals surface area contributed by atoms with Crippen LogP contribution in [0.2, 0.25) is 0 Å². The molecule has 3 heteroatoms. The van der Waals surface area contributed by atoms with Gasteiger partial charge in [-0.1, -0.05) is 36.4 Å². The predicted octanol–water partition coefficient (Wildman–Crippen LogP) is 2.72. The van der Waals surface area contributed by atoms with Gasteiger partial charge < -0.3 is 15.6 Å². The molecule has 0 spiro atoms. The Kier molecular flexibility index (Phi) is 3.24. The maximum Gasteiger partial charge on any atom is 0.119 e. The normalized spacial score (nSPS) is 24.4. The Morgan fingerprint density at radius 3 is 2.85 bits per heavy atom. The number of hydrogen-bond acceptors (Lipinski definition) is 3. The van der Waals surface area contributed by atoms with Gasteiger partial charge in [0.15, 0.2) is 0 Å². The highest BCUT2D eigenvalue weighted by Crippen LogP contribution is 2.46. The molecule has 20 heavy (non-hydrogen) atoms. The van der Waals surface area contributed by atoms with E-state index < -0.39 is 5.60 Å². The summed E-state index contributed by atoms with van der Waals surface area (Å²) >= 11 is 0. The molecule has 0 radical (unpaired) electrons. The van der Waals surface area contributed by atoms with Gasteiger partial charge >= 0.3 is 0 Å². The van der Waals surface area contributed by atoms with Crippen LogP contribution in [0.15, 0.2) is 48.5 Å². The van der Waals surface area contributed by atoms with E-state index in [1.807, 2.05) is 55.5 Å². The average Bonchev–Trinajstić information content (AvgIpc) is 2.73. The van der Waals surface area contributed by atoms with Crippen molar-refractivity contribution in [3.05, 3.63) is 65.2 Å². The Bertz CT molecular complexity index is 626. The summed E-state index contributed by atoms with van der Waals surface area (Å²) in [7, 11) is 0. The fourth-order valence-corrected chi connectivity index (χ4v) is 3.02. The molecule has 3 nitrogen and oxygen atoms in total. The summed E-state index contributed by atoms with van der Waals surface area (Å²) in [6, 6.07) is 15.3. The van der Waals surface area contributed by atoms with Gasteiger partial charge in [-0.15, -0.1) is 0 Å². The van der Waals surface area contributed by atoms with Crippen molar-refractivity contribution in [1.29, 1.82) is 0 Å². The molecule has 0 bridgehead atoms. The number of nitrogens with two attached hydrogens (primary N) is 1. The standard InChI is InChI=1S/C17H19NO2/c1-2-20-13-7-5-6-12(10-13)17(19)11-16(18)14-8-3-4-9-15(14)17/h3-10,16,19H,2,11,18H2,1H3. The molecule has 3 N–H and O–H groups in total. The number of benzene rings is 2.